The summed E-state index contributed by atoms with van der Waals surface area (Å²) >= 11 is 0. The van der Waals surface area contributed by atoms with Crippen molar-refractivity contribution in [3.8, 4) is 0 Å². The van der Waals surface area contributed by atoms with Gasteiger partial charge in [0.2, 0.25) is 0 Å². The van der Waals surface area contributed by atoms with Gasteiger partial charge in [0, 0.05) is 52.4 Å². The fraction of sp³-hybridized carbons (Fsp3) is 0.708. The van der Waals surface area contributed by atoms with Crippen LogP contribution in [0, 0.1) is 0 Å². The summed E-state index contributed by atoms with van der Waals surface area (Å²) in [5, 5.41) is 6.85. The molecule has 0 aromatic heterocycles. The average Bonchev–Trinajstić information content (AvgIpc) is 3.20. The Labute approximate surface area is 183 Å². The van der Waals surface area contributed by atoms with Gasteiger partial charge in [-0.25, -0.2) is 0 Å². The third kappa shape index (κ3) is 7.89. The molecule has 2 saturated heterocycles. The summed E-state index contributed by atoms with van der Waals surface area (Å²) in [5.74, 6) is 0.920. The standard InChI is InChI=1S/C24H41N5O/c1-3-25-23(27-21-24(2)12-9-19-30-24)26-13-7-8-14-28-15-17-29(18-16-28)20-22-10-5-4-6-11-22/h4-6,10-11H,3,7-9,12-21H2,1-2H3,(H2,25,26,27). The fourth-order valence-electron chi connectivity index (χ4n) is 4.23. The molecule has 0 spiro atoms. The normalized spacial score (nSPS) is 23.6. The summed E-state index contributed by atoms with van der Waals surface area (Å²) in [7, 11) is 0. The first-order valence-corrected chi connectivity index (χ1v) is 11.8. The third-order valence-corrected chi connectivity index (χ3v) is 6.12. The van der Waals surface area contributed by atoms with Crippen LogP contribution in [0.15, 0.2) is 35.3 Å². The van der Waals surface area contributed by atoms with Gasteiger partial charge in [0.05, 0.1) is 12.1 Å². The van der Waals surface area contributed by atoms with Gasteiger partial charge in [-0.3, -0.25) is 9.89 Å². The second kappa shape index (κ2) is 12.3. The minimum Gasteiger partial charge on any atom is -0.373 e. The Hall–Kier alpha value is -1.63. The van der Waals surface area contributed by atoms with E-state index in [-0.39, 0.29) is 5.60 Å². The van der Waals surface area contributed by atoms with Crippen LogP contribution in [0.5, 0.6) is 0 Å². The Kier molecular flexibility index (Phi) is 9.43. The number of aliphatic imine (C=N–C) groups is 1. The molecule has 2 aliphatic rings. The maximum atomic E-state index is 5.85. The van der Waals surface area contributed by atoms with Crippen molar-refractivity contribution < 1.29 is 4.74 Å². The van der Waals surface area contributed by atoms with Crippen LogP contribution in [0.1, 0.15) is 45.1 Å². The van der Waals surface area contributed by atoms with E-state index in [1.165, 1.54) is 51.1 Å². The van der Waals surface area contributed by atoms with E-state index in [2.05, 4.69) is 64.6 Å². The molecule has 30 heavy (non-hydrogen) atoms. The molecule has 0 saturated carbocycles. The summed E-state index contributed by atoms with van der Waals surface area (Å²) in [6.07, 6.45) is 4.65. The molecule has 0 amide bonds. The summed E-state index contributed by atoms with van der Waals surface area (Å²) in [4.78, 5) is 9.93. The van der Waals surface area contributed by atoms with Crippen molar-refractivity contribution in [1.82, 2.24) is 20.4 Å². The monoisotopic (exact) mass is 415 g/mol. The van der Waals surface area contributed by atoms with E-state index in [0.29, 0.717) is 0 Å². The Balaban J connectivity index is 1.27. The second-order valence-corrected chi connectivity index (χ2v) is 8.83. The number of piperazine rings is 1. The number of hydrogen-bond acceptors (Lipinski definition) is 4. The lowest BCUT2D eigenvalue weighted by Crippen LogP contribution is -2.46. The van der Waals surface area contributed by atoms with E-state index < -0.39 is 0 Å². The zero-order valence-electron chi connectivity index (χ0n) is 19.0. The van der Waals surface area contributed by atoms with Crippen LogP contribution >= 0.6 is 0 Å². The molecule has 1 unspecified atom stereocenters. The maximum Gasteiger partial charge on any atom is 0.191 e. The van der Waals surface area contributed by atoms with Gasteiger partial charge in [-0.15, -0.1) is 0 Å². The molecule has 3 rings (SSSR count). The molecule has 6 nitrogen and oxygen atoms in total. The highest BCUT2D eigenvalue weighted by Gasteiger charge is 2.29. The van der Waals surface area contributed by atoms with E-state index in [9.17, 15) is 0 Å². The number of rotatable bonds is 10. The van der Waals surface area contributed by atoms with Gasteiger partial charge in [0.1, 0.15) is 0 Å². The molecule has 6 heteroatoms. The Morgan fingerprint density at radius 2 is 1.83 bits per heavy atom. The van der Waals surface area contributed by atoms with Crippen molar-refractivity contribution in [3.63, 3.8) is 0 Å². The lowest BCUT2D eigenvalue weighted by Gasteiger charge is -2.34. The van der Waals surface area contributed by atoms with E-state index in [4.69, 9.17) is 9.73 Å². The first-order chi connectivity index (χ1) is 14.7. The molecule has 2 heterocycles. The number of nitrogens with one attached hydrogen (secondary N) is 2. The number of ether oxygens (including phenoxy) is 1. The smallest absolute Gasteiger partial charge is 0.191 e. The van der Waals surface area contributed by atoms with Crippen molar-refractivity contribution in [2.24, 2.45) is 4.99 Å². The number of nitrogens with zero attached hydrogens (tertiary/aromatic N) is 3. The lowest BCUT2D eigenvalue weighted by molar-refractivity contribution is 0.0283. The molecule has 168 valence electrons. The van der Waals surface area contributed by atoms with Gasteiger partial charge in [-0.1, -0.05) is 30.3 Å². The highest BCUT2D eigenvalue weighted by Crippen LogP contribution is 2.24. The van der Waals surface area contributed by atoms with Gasteiger partial charge in [0.15, 0.2) is 5.96 Å². The maximum absolute atomic E-state index is 5.85. The zero-order chi connectivity index (χ0) is 21.1. The van der Waals surface area contributed by atoms with Crippen LogP contribution in [0.2, 0.25) is 0 Å². The number of unbranched alkanes of at least 4 members (excludes halogenated alkanes) is 1. The van der Waals surface area contributed by atoms with Crippen LogP contribution in [0.4, 0.5) is 0 Å². The van der Waals surface area contributed by atoms with Crippen molar-refractivity contribution in [1.29, 1.82) is 0 Å². The molecule has 0 bridgehead atoms. The minimum absolute atomic E-state index is 0.0784. The summed E-state index contributed by atoms with van der Waals surface area (Å²) in [6.45, 7) is 14.7. The largest absolute Gasteiger partial charge is 0.373 e. The lowest BCUT2D eigenvalue weighted by atomic mass is 10.0. The predicted molar refractivity (Wildman–Crippen MR) is 125 cm³/mol. The zero-order valence-corrected chi connectivity index (χ0v) is 19.0. The van der Waals surface area contributed by atoms with Crippen LogP contribution in [-0.4, -0.2) is 80.3 Å². The summed E-state index contributed by atoms with van der Waals surface area (Å²) in [6, 6.07) is 10.8. The molecular formula is C24H41N5O. The van der Waals surface area contributed by atoms with Crippen LogP contribution in [-0.2, 0) is 11.3 Å². The fourth-order valence-corrected chi connectivity index (χ4v) is 4.23. The Bertz CT molecular complexity index is 622. The molecule has 1 aromatic carbocycles. The average molecular weight is 416 g/mol. The van der Waals surface area contributed by atoms with Gasteiger partial charge < -0.3 is 20.3 Å². The van der Waals surface area contributed by atoms with Gasteiger partial charge >= 0.3 is 0 Å². The van der Waals surface area contributed by atoms with E-state index in [0.717, 1.165) is 51.6 Å². The molecule has 2 aliphatic heterocycles. The molecule has 1 atom stereocenters. The second-order valence-electron chi connectivity index (χ2n) is 8.83. The highest BCUT2D eigenvalue weighted by molar-refractivity contribution is 5.79. The SMILES string of the molecule is CCNC(=NCC1(C)CCCO1)NCCCCN1CCN(Cc2ccccc2)CC1. The molecule has 0 radical (unpaired) electrons. The van der Waals surface area contributed by atoms with Gasteiger partial charge in [0.25, 0.3) is 0 Å². The number of hydrogen-bond donors (Lipinski definition) is 2. The van der Waals surface area contributed by atoms with Gasteiger partial charge in [-0.05, 0) is 51.6 Å². The quantitative estimate of drug-likeness (QED) is 0.350. The van der Waals surface area contributed by atoms with Crippen LogP contribution < -0.4 is 10.6 Å². The third-order valence-electron chi connectivity index (χ3n) is 6.12. The summed E-state index contributed by atoms with van der Waals surface area (Å²) in [5.41, 5.74) is 1.34. The molecule has 1 aromatic rings. The predicted octanol–water partition coefficient (Wildman–Crippen LogP) is 2.71. The number of benzene rings is 1. The summed E-state index contributed by atoms with van der Waals surface area (Å²) < 4.78 is 5.85. The Morgan fingerprint density at radius 3 is 2.53 bits per heavy atom. The molecule has 0 aliphatic carbocycles. The number of guanidine groups is 1. The van der Waals surface area contributed by atoms with Crippen LogP contribution in [0.25, 0.3) is 0 Å². The van der Waals surface area contributed by atoms with Gasteiger partial charge in [-0.2, -0.15) is 0 Å². The minimum atomic E-state index is -0.0784. The van der Waals surface area contributed by atoms with Crippen LogP contribution in [0.3, 0.4) is 0 Å². The topological polar surface area (TPSA) is 52.1 Å². The molecule has 2 N–H and O–H groups in total. The van der Waals surface area contributed by atoms with E-state index >= 15 is 0 Å². The highest BCUT2D eigenvalue weighted by atomic mass is 16.5. The first kappa shape index (κ1) is 23.0. The van der Waals surface area contributed by atoms with E-state index in [1.807, 2.05) is 0 Å². The van der Waals surface area contributed by atoms with Crippen molar-refractivity contribution in [2.45, 2.75) is 51.7 Å². The molecular weight excluding hydrogens is 374 g/mol. The van der Waals surface area contributed by atoms with E-state index in [1.54, 1.807) is 0 Å². The van der Waals surface area contributed by atoms with Crippen molar-refractivity contribution in [2.75, 3.05) is 59.0 Å². The first-order valence-electron chi connectivity index (χ1n) is 11.8. The Morgan fingerprint density at radius 1 is 1.07 bits per heavy atom. The molecule has 2 fully saturated rings. The van der Waals surface area contributed by atoms with Crippen molar-refractivity contribution >= 4 is 5.96 Å². The van der Waals surface area contributed by atoms with Crippen molar-refractivity contribution in [3.05, 3.63) is 35.9 Å².